The fraction of sp³-hybridized carbons (Fsp3) is 0.636. The van der Waals surface area contributed by atoms with Crippen LogP contribution in [0.2, 0.25) is 0 Å². The molecule has 1 aromatic rings. The number of hydrogen-bond donors (Lipinski definition) is 0. The number of Topliss-reactive ketones (excluding diaryl/α,β-unsaturated/α-hetero) is 1. The molecule has 0 saturated carbocycles. The maximum Gasteiger partial charge on any atom is 0.374 e. The number of unbranched alkanes of at least 4 members (excludes halogenated alkanes) is 9. The Bertz CT molecular complexity index is 467. The van der Waals surface area contributed by atoms with Crippen molar-refractivity contribution in [2.24, 2.45) is 0 Å². The molecule has 0 spiro atoms. The first-order valence-electron chi connectivity index (χ1n) is 9.98. The summed E-state index contributed by atoms with van der Waals surface area (Å²) in [5.41, 5.74) is 1.07. The van der Waals surface area contributed by atoms with Crippen LogP contribution in [0, 0.1) is 0 Å². The van der Waals surface area contributed by atoms with Gasteiger partial charge in [0.25, 0.3) is 0 Å². The summed E-state index contributed by atoms with van der Waals surface area (Å²) in [5, 5.41) is 0. The highest BCUT2D eigenvalue weighted by atomic mass is 16.5. The second-order valence-corrected chi connectivity index (χ2v) is 6.73. The standard InChI is InChI=1S/C22H34O3/c1-2-3-4-5-6-7-8-9-10-14-19-25-22(24)21(23)18-17-20-15-12-11-13-16-20/h11-13,15-16H,2-10,14,17-19H2,1H3. The number of hydrogen-bond acceptors (Lipinski definition) is 3. The Balaban J connectivity index is 1.93. The minimum atomic E-state index is -0.674. The highest BCUT2D eigenvalue weighted by Gasteiger charge is 2.14. The molecule has 3 heteroatoms. The Hall–Kier alpha value is -1.64. The number of benzene rings is 1. The topological polar surface area (TPSA) is 43.4 Å². The first-order chi connectivity index (χ1) is 12.2. The van der Waals surface area contributed by atoms with Gasteiger partial charge in [-0.05, 0) is 18.4 Å². The van der Waals surface area contributed by atoms with Gasteiger partial charge in [0.1, 0.15) is 0 Å². The van der Waals surface area contributed by atoms with E-state index in [9.17, 15) is 9.59 Å². The highest BCUT2D eigenvalue weighted by molar-refractivity contribution is 6.33. The number of ketones is 1. The van der Waals surface area contributed by atoms with Crippen molar-refractivity contribution in [3.63, 3.8) is 0 Å². The van der Waals surface area contributed by atoms with Crippen LogP contribution in [0.3, 0.4) is 0 Å². The van der Waals surface area contributed by atoms with E-state index in [0.717, 1.165) is 18.4 Å². The number of carbonyl (C=O) groups excluding carboxylic acids is 2. The molecule has 0 N–H and O–H groups in total. The first-order valence-corrected chi connectivity index (χ1v) is 9.98. The summed E-state index contributed by atoms with van der Waals surface area (Å²) in [7, 11) is 0. The zero-order valence-corrected chi connectivity index (χ0v) is 15.8. The summed E-state index contributed by atoms with van der Waals surface area (Å²) < 4.78 is 5.08. The molecule has 0 bridgehead atoms. The Kier molecular flexibility index (Phi) is 12.6. The zero-order chi connectivity index (χ0) is 18.2. The molecular weight excluding hydrogens is 312 g/mol. The molecule has 0 radical (unpaired) electrons. The van der Waals surface area contributed by atoms with E-state index < -0.39 is 11.8 Å². The molecule has 0 aliphatic carbocycles. The average Bonchev–Trinajstić information content (AvgIpc) is 2.64. The van der Waals surface area contributed by atoms with Gasteiger partial charge in [-0.2, -0.15) is 0 Å². The third-order valence-corrected chi connectivity index (χ3v) is 4.44. The van der Waals surface area contributed by atoms with Crippen molar-refractivity contribution in [3.8, 4) is 0 Å². The molecule has 0 unspecified atom stereocenters. The monoisotopic (exact) mass is 346 g/mol. The summed E-state index contributed by atoms with van der Waals surface area (Å²) in [6, 6.07) is 9.73. The second-order valence-electron chi connectivity index (χ2n) is 6.73. The quantitative estimate of drug-likeness (QED) is 0.234. The van der Waals surface area contributed by atoms with Crippen molar-refractivity contribution in [3.05, 3.63) is 35.9 Å². The van der Waals surface area contributed by atoms with Crippen LogP contribution in [0.4, 0.5) is 0 Å². The molecule has 0 aliphatic rings. The molecule has 0 atom stereocenters. The van der Waals surface area contributed by atoms with E-state index in [1.165, 1.54) is 51.4 Å². The summed E-state index contributed by atoms with van der Waals surface area (Å²) >= 11 is 0. The van der Waals surface area contributed by atoms with Crippen LogP contribution in [0.1, 0.15) is 83.1 Å². The Morgan fingerprint density at radius 2 is 1.36 bits per heavy atom. The molecule has 140 valence electrons. The maximum atomic E-state index is 11.8. The maximum absolute atomic E-state index is 11.8. The molecule has 1 aromatic carbocycles. The Morgan fingerprint density at radius 3 is 1.96 bits per heavy atom. The van der Waals surface area contributed by atoms with Crippen LogP contribution >= 0.6 is 0 Å². The molecule has 0 amide bonds. The normalized spacial score (nSPS) is 10.6. The first kappa shape index (κ1) is 21.4. The van der Waals surface area contributed by atoms with Gasteiger partial charge in [0, 0.05) is 6.42 Å². The lowest BCUT2D eigenvalue weighted by Gasteiger charge is -2.05. The third kappa shape index (κ3) is 11.5. The SMILES string of the molecule is CCCCCCCCCCCCOC(=O)C(=O)CCc1ccccc1. The highest BCUT2D eigenvalue weighted by Crippen LogP contribution is 2.10. The van der Waals surface area contributed by atoms with Crippen molar-refractivity contribution >= 4 is 11.8 Å². The van der Waals surface area contributed by atoms with E-state index in [0.29, 0.717) is 13.0 Å². The van der Waals surface area contributed by atoms with Crippen LogP contribution < -0.4 is 0 Å². The van der Waals surface area contributed by atoms with Crippen molar-refractivity contribution in [2.75, 3.05) is 6.61 Å². The molecule has 0 aliphatic heterocycles. The van der Waals surface area contributed by atoms with Gasteiger partial charge in [-0.25, -0.2) is 4.79 Å². The molecule has 0 fully saturated rings. The van der Waals surface area contributed by atoms with E-state index in [-0.39, 0.29) is 6.42 Å². The van der Waals surface area contributed by atoms with Crippen molar-refractivity contribution in [1.82, 2.24) is 0 Å². The van der Waals surface area contributed by atoms with Crippen molar-refractivity contribution < 1.29 is 14.3 Å². The fourth-order valence-electron chi connectivity index (χ4n) is 2.84. The number of ether oxygens (including phenoxy) is 1. The van der Waals surface area contributed by atoms with Crippen LogP contribution in [0.25, 0.3) is 0 Å². The van der Waals surface area contributed by atoms with Crippen LogP contribution in [-0.4, -0.2) is 18.4 Å². The van der Waals surface area contributed by atoms with E-state index in [4.69, 9.17) is 4.74 Å². The van der Waals surface area contributed by atoms with Gasteiger partial charge >= 0.3 is 5.97 Å². The van der Waals surface area contributed by atoms with Gasteiger partial charge in [-0.3, -0.25) is 4.79 Å². The molecule has 1 rings (SSSR count). The van der Waals surface area contributed by atoms with E-state index in [1.807, 2.05) is 30.3 Å². The van der Waals surface area contributed by atoms with Gasteiger partial charge in [-0.15, -0.1) is 0 Å². The fourth-order valence-corrected chi connectivity index (χ4v) is 2.84. The lowest BCUT2D eigenvalue weighted by atomic mass is 10.1. The molecule has 0 saturated heterocycles. The summed E-state index contributed by atoms with van der Waals surface area (Å²) in [4.78, 5) is 23.4. The lowest BCUT2D eigenvalue weighted by molar-refractivity contribution is -0.154. The summed E-state index contributed by atoms with van der Waals surface area (Å²) in [6.45, 7) is 2.61. The van der Waals surface area contributed by atoms with Crippen molar-refractivity contribution in [1.29, 1.82) is 0 Å². The van der Waals surface area contributed by atoms with Gasteiger partial charge in [0.2, 0.25) is 5.78 Å². The summed E-state index contributed by atoms with van der Waals surface area (Å²) in [6.07, 6.45) is 13.2. The molecule has 3 nitrogen and oxygen atoms in total. The van der Waals surface area contributed by atoms with E-state index >= 15 is 0 Å². The zero-order valence-electron chi connectivity index (χ0n) is 15.8. The third-order valence-electron chi connectivity index (χ3n) is 4.44. The lowest BCUT2D eigenvalue weighted by Crippen LogP contribution is -2.18. The van der Waals surface area contributed by atoms with Crippen molar-refractivity contribution in [2.45, 2.75) is 84.0 Å². The Labute approximate surface area is 153 Å². The van der Waals surface area contributed by atoms with Gasteiger partial charge < -0.3 is 4.74 Å². The number of aryl methyl sites for hydroxylation is 1. The molecule has 25 heavy (non-hydrogen) atoms. The number of carbonyl (C=O) groups is 2. The largest absolute Gasteiger partial charge is 0.460 e. The number of esters is 1. The second kappa shape index (κ2) is 14.7. The Morgan fingerprint density at radius 1 is 0.800 bits per heavy atom. The summed E-state index contributed by atoms with van der Waals surface area (Å²) in [5.74, 6) is -1.09. The van der Waals surface area contributed by atoms with Crippen LogP contribution in [0.15, 0.2) is 30.3 Å². The molecule has 0 aromatic heterocycles. The smallest absolute Gasteiger partial charge is 0.374 e. The number of rotatable bonds is 15. The molecular formula is C22H34O3. The van der Waals surface area contributed by atoms with Gasteiger partial charge in [0.15, 0.2) is 0 Å². The van der Waals surface area contributed by atoms with E-state index in [1.54, 1.807) is 0 Å². The predicted octanol–water partition coefficient (Wildman–Crippen LogP) is 5.65. The van der Waals surface area contributed by atoms with Gasteiger partial charge in [0.05, 0.1) is 6.61 Å². The van der Waals surface area contributed by atoms with Crippen LogP contribution in [-0.2, 0) is 20.7 Å². The average molecular weight is 347 g/mol. The predicted molar refractivity (Wildman–Crippen MR) is 103 cm³/mol. The molecule has 0 heterocycles. The van der Waals surface area contributed by atoms with Gasteiger partial charge in [-0.1, -0.05) is 95.0 Å². The van der Waals surface area contributed by atoms with Crippen LogP contribution in [0.5, 0.6) is 0 Å². The minimum Gasteiger partial charge on any atom is -0.460 e. The minimum absolute atomic E-state index is 0.223. The van der Waals surface area contributed by atoms with E-state index in [2.05, 4.69) is 6.92 Å².